The molecule has 3 aromatic rings. The zero-order valence-electron chi connectivity index (χ0n) is 19.4. The lowest BCUT2D eigenvalue weighted by molar-refractivity contribution is -0.119. The van der Waals surface area contributed by atoms with E-state index in [-0.39, 0.29) is 12.0 Å². The van der Waals surface area contributed by atoms with Gasteiger partial charge >= 0.3 is 6.09 Å². The molecule has 1 unspecified atom stereocenters. The van der Waals surface area contributed by atoms with Gasteiger partial charge in [0.2, 0.25) is 5.91 Å². The second-order valence-electron chi connectivity index (χ2n) is 7.45. The second kappa shape index (κ2) is 11.6. The Balaban J connectivity index is 0.000000302. The number of amides is 2. The minimum absolute atomic E-state index is 0.155. The first-order valence-corrected chi connectivity index (χ1v) is 10.6. The summed E-state index contributed by atoms with van der Waals surface area (Å²) in [5, 5.41) is 2.66. The number of nitrogen functional groups attached to an aromatic ring is 1. The molecule has 34 heavy (non-hydrogen) atoms. The van der Waals surface area contributed by atoms with E-state index >= 15 is 0 Å². The van der Waals surface area contributed by atoms with Gasteiger partial charge in [0.05, 0.1) is 33.0 Å². The van der Waals surface area contributed by atoms with Crippen molar-refractivity contribution in [2.45, 2.75) is 13.0 Å². The Morgan fingerprint density at radius 2 is 1.91 bits per heavy atom. The van der Waals surface area contributed by atoms with Gasteiger partial charge in [0, 0.05) is 42.7 Å². The molecule has 0 radical (unpaired) electrons. The average Bonchev–Trinajstić information content (AvgIpc) is 3.23. The first-order chi connectivity index (χ1) is 16.4. The summed E-state index contributed by atoms with van der Waals surface area (Å²) >= 11 is 0. The van der Waals surface area contributed by atoms with Crippen molar-refractivity contribution in [2.24, 2.45) is 0 Å². The van der Waals surface area contributed by atoms with E-state index in [1.807, 2.05) is 42.5 Å². The van der Waals surface area contributed by atoms with Crippen LogP contribution in [0.1, 0.15) is 6.92 Å². The minimum atomic E-state index is -0.436. The van der Waals surface area contributed by atoms with Crippen molar-refractivity contribution in [1.82, 2.24) is 10.3 Å². The Morgan fingerprint density at radius 3 is 2.53 bits per heavy atom. The number of hydrogen-bond acceptors (Lipinski definition) is 7. The van der Waals surface area contributed by atoms with Crippen LogP contribution in [-0.2, 0) is 9.53 Å². The molecule has 1 aliphatic heterocycles. The van der Waals surface area contributed by atoms with E-state index < -0.39 is 6.09 Å². The highest BCUT2D eigenvalue weighted by molar-refractivity contribution is 5.91. The summed E-state index contributed by atoms with van der Waals surface area (Å²) in [6, 6.07) is 16.7. The molecule has 1 atom stereocenters. The number of cyclic esters (lactones) is 1. The summed E-state index contributed by atoms with van der Waals surface area (Å²) in [7, 11) is 3.21. The maximum atomic E-state index is 12.1. The molecule has 2 aromatic carbocycles. The topological polar surface area (TPSA) is 116 Å². The van der Waals surface area contributed by atoms with Crippen LogP contribution in [0, 0.1) is 0 Å². The molecule has 0 bridgehead atoms. The molecule has 9 nitrogen and oxygen atoms in total. The van der Waals surface area contributed by atoms with E-state index in [9.17, 15) is 9.59 Å². The SMILES string of the molecule is COc1cc(N2CC(CNC(C)=O)OC2=O)ccc1-c1ccncc1.COc1cccc(N)c1. The molecular weight excluding hydrogens is 436 g/mol. The Kier molecular flexibility index (Phi) is 8.28. The normalized spacial score (nSPS) is 14.5. The standard InChI is InChI=1S/C18H19N3O4.C7H9NO/c1-12(22)20-10-15-11-21(18(23)25-15)14-3-4-16(17(9-14)24-2)13-5-7-19-8-6-13;1-9-7-4-2-3-6(8)5-7/h3-9,15H,10-11H2,1-2H3,(H,20,22);2-5H,8H2,1H3. The van der Waals surface area contributed by atoms with Gasteiger partial charge in [0.15, 0.2) is 0 Å². The fourth-order valence-corrected chi connectivity index (χ4v) is 3.36. The quantitative estimate of drug-likeness (QED) is 0.537. The van der Waals surface area contributed by atoms with E-state index in [0.717, 1.165) is 22.6 Å². The number of methoxy groups -OCH3 is 2. The van der Waals surface area contributed by atoms with Crippen LogP contribution < -0.4 is 25.4 Å². The Labute approximate surface area is 198 Å². The highest BCUT2D eigenvalue weighted by Gasteiger charge is 2.32. The predicted octanol–water partition coefficient (Wildman–Crippen LogP) is 3.50. The van der Waals surface area contributed by atoms with Crippen LogP contribution in [0.2, 0.25) is 0 Å². The number of aromatic nitrogens is 1. The molecule has 2 amide bonds. The van der Waals surface area contributed by atoms with E-state index in [4.69, 9.17) is 19.9 Å². The maximum absolute atomic E-state index is 12.1. The second-order valence-corrected chi connectivity index (χ2v) is 7.45. The summed E-state index contributed by atoms with van der Waals surface area (Å²) in [6.45, 7) is 2.10. The number of pyridine rings is 1. The van der Waals surface area contributed by atoms with Gasteiger partial charge in [0.25, 0.3) is 0 Å². The third kappa shape index (κ3) is 6.38. The Morgan fingerprint density at radius 1 is 1.15 bits per heavy atom. The van der Waals surface area contributed by atoms with Gasteiger partial charge < -0.3 is 25.3 Å². The van der Waals surface area contributed by atoms with Crippen LogP contribution in [0.15, 0.2) is 67.0 Å². The van der Waals surface area contributed by atoms with Crippen LogP contribution >= 0.6 is 0 Å². The lowest BCUT2D eigenvalue weighted by atomic mass is 10.1. The third-order valence-electron chi connectivity index (χ3n) is 5.03. The summed E-state index contributed by atoms with van der Waals surface area (Å²) in [4.78, 5) is 28.7. The summed E-state index contributed by atoms with van der Waals surface area (Å²) in [5.41, 5.74) is 8.76. The van der Waals surface area contributed by atoms with Gasteiger partial charge in [-0.3, -0.25) is 14.7 Å². The number of ether oxygens (including phenoxy) is 3. The maximum Gasteiger partial charge on any atom is 0.414 e. The van der Waals surface area contributed by atoms with Crippen LogP contribution in [0.4, 0.5) is 16.2 Å². The molecule has 1 aliphatic rings. The van der Waals surface area contributed by atoms with Crippen LogP contribution in [-0.4, -0.2) is 50.4 Å². The smallest absolute Gasteiger partial charge is 0.414 e. The number of carbonyl (C=O) groups is 2. The van der Waals surface area contributed by atoms with Crippen molar-refractivity contribution >= 4 is 23.4 Å². The van der Waals surface area contributed by atoms with Crippen molar-refractivity contribution in [1.29, 1.82) is 0 Å². The number of carbonyl (C=O) groups excluding carboxylic acids is 2. The molecule has 178 valence electrons. The molecule has 1 aromatic heterocycles. The Bertz CT molecular complexity index is 1120. The number of benzene rings is 2. The molecule has 0 spiro atoms. The van der Waals surface area contributed by atoms with E-state index in [0.29, 0.717) is 24.5 Å². The lowest BCUT2D eigenvalue weighted by Crippen LogP contribution is -2.33. The Hall–Kier alpha value is -4.27. The molecule has 4 rings (SSSR count). The van der Waals surface area contributed by atoms with Gasteiger partial charge in [-0.1, -0.05) is 6.07 Å². The van der Waals surface area contributed by atoms with Crippen molar-refractivity contribution < 1.29 is 23.8 Å². The largest absolute Gasteiger partial charge is 0.497 e. The summed E-state index contributed by atoms with van der Waals surface area (Å²) in [5.74, 6) is 1.30. The minimum Gasteiger partial charge on any atom is -0.497 e. The average molecular weight is 465 g/mol. The van der Waals surface area contributed by atoms with Gasteiger partial charge in [-0.15, -0.1) is 0 Å². The number of nitrogens with one attached hydrogen (secondary N) is 1. The molecule has 1 saturated heterocycles. The van der Waals surface area contributed by atoms with E-state index in [1.54, 1.807) is 38.7 Å². The van der Waals surface area contributed by atoms with Crippen molar-refractivity contribution in [2.75, 3.05) is 37.9 Å². The zero-order valence-corrected chi connectivity index (χ0v) is 19.4. The zero-order chi connectivity index (χ0) is 24.5. The number of hydrogen-bond donors (Lipinski definition) is 2. The lowest BCUT2D eigenvalue weighted by Gasteiger charge is -2.16. The number of nitrogens with two attached hydrogens (primary N) is 1. The van der Waals surface area contributed by atoms with Gasteiger partial charge in [-0.25, -0.2) is 4.79 Å². The summed E-state index contributed by atoms with van der Waals surface area (Å²) < 4.78 is 15.7. The van der Waals surface area contributed by atoms with Crippen LogP contribution in [0.3, 0.4) is 0 Å². The molecule has 3 N–H and O–H groups in total. The number of rotatable bonds is 6. The highest BCUT2D eigenvalue weighted by atomic mass is 16.6. The molecular formula is C25H28N4O5. The number of anilines is 2. The summed E-state index contributed by atoms with van der Waals surface area (Å²) in [6.07, 6.45) is 2.62. The first-order valence-electron chi connectivity index (χ1n) is 10.6. The fraction of sp³-hybridized carbons (Fsp3) is 0.240. The highest BCUT2D eigenvalue weighted by Crippen LogP contribution is 2.34. The predicted molar refractivity (Wildman–Crippen MR) is 130 cm³/mol. The van der Waals surface area contributed by atoms with E-state index in [2.05, 4.69) is 10.3 Å². The van der Waals surface area contributed by atoms with Gasteiger partial charge in [0.1, 0.15) is 17.6 Å². The fourth-order valence-electron chi connectivity index (χ4n) is 3.36. The monoisotopic (exact) mass is 464 g/mol. The van der Waals surface area contributed by atoms with Crippen molar-refractivity contribution in [3.05, 3.63) is 67.0 Å². The van der Waals surface area contributed by atoms with Crippen molar-refractivity contribution in [3.63, 3.8) is 0 Å². The van der Waals surface area contributed by atoms with Gasteiger partial charge in [-0.2, -0.15) is 0 Å². The van der Waals surface area contributed by atoms with E-state index in [1.165, 1.54) is 11.8 Å². The molecule has 0 saturated carbocycles. The van der Waals surface area contributed by atoms with Crippen molar-refractivity contribution in [3.8, 4) is 22.6 Å². The first kappa shape index (κ1) is 24.4. The number of nitrogens with zero attached hydrogens (tertiary/aromatic N) is 2. The van der Waals surface area contributed by atoms with Crippen LogP contribution in [0.5, 0.6) is 11.5 Å². The van der Waals surface area contributed by atoms with Crippen LogP contribution in [0.25, 0.3) is 11.1 Å². The van der Waals surface area contributed by atoms with Gasteiger partial charge in [-0.05, 0) is 42.0 Å². The molecule has 2 heterocycles. The molecule has 0 aliphatic carbocycles. The molecule has 9 heteroatoms. The third-order valence-corrected chi connectivity index (χ3v) is 5.03. The molecule has 1 fully saturated rings.